The van der Waals surface area contributed by atoms with Gasteiger partial charge >= 0.3 is 0 Å². The van der Waals surface area contributed by atoms with Gasteiger partial charge in [0.25, 0.3) is 5.91 Å². The highest BCUT2D eigenvalue weighted by Crippen LogP contribution is 2.26. The Balaban J connectivity index is 1.50. The lowest BCUT2D eigenvalue weighted by Crippen LogP contribution is -2.28. The second-order valence-electron chi connectivity index (χ2n) is 6.03. The molecule has 0 spiro atoms. The largest absolute Gasteiger partial charge is 0.496 e. The van der Waals surface area contributed by atoms with Crippen molar-refractivity contribution in [3.63, 3.8) is 0 Å². The lowest BCUT2D eigenvalue weighted by molar-refractivity contribution is -0.116. The van der Waals surface area contributed by atoms with Crippen LogP contribution in [0, 0.1) is 6.92 Å². The average molecular weight is 396 g/mol. The Labute approximate surface area is 166 Å². The SMILES string of the molecule is COc1ccccc1C(=O)NCCC(=O)Nc1nnc(-c2ccc(C)cc2)s1. The third-order valence-electron chi connectivity index (χ3n) is 3.96. The van der Waals surface area contributed by atoms with E-state index in [9.17, 15) is 9.59 Å². The summed E-state index contributed by atoms with van der Waals surface area (Å²) in [5, 5.41) is 14.7. The van der Waals surface area contributed by atoms with Gasteiger partial charge in [-0.15, -0.1) is 10.2 Å². The molecule has 1 aromatic heterocycles. The van der Waals surface area contributed by atoms with Gasteiger partial charge in [0, 0.05) is 18.5 Å². The fraction of sp³-hybridized carbons (Fsp3) is 0.200. The van der Waals surface area contributed by atoms with E-state index in [-0.39, 0.29) is 24.8 Å². The normalized spacial score (nSPS) is 10.4. The Morgan fingerprint density at radius 3 is 2.57 bits per heavy atom. The topological polar surface area (TPSA) is 93.2 Å². The van der Waals surface area contributed by atoms with E-state index in [4.69, 9.17) is 4.74 Å². The number of ether oxygens (including phenoxy) is 1. The van der Waals surface area contributed by atoms with Crippen molar-refractivity contribution in [3.05, 3.63) is 59.7 Å². The van der Waals surface area contributed by atoms with Crippen molar-refractivity contribution in [1.82, 2.24) is 15.5 Å². The van der Waals surface area contributed by atoms with Gasteiger partial charge in [0.15, 0.2) is 0 Å². The zero-order valence-electron chi connectivity index (χ0n) is 15.6. The summed E-state index contributed by atoms with van der Waals surface area (Å²) in [7, 11) is 1.51. The van der Waals surface area contributed by atoms with Gasteiger partial charge in [0.2, 0.25) is 11.0 Å². The molecular formula is C20H20N4O3S. The molecule has 2 aromatic carbocycles. The smallest absolute Gasteiger partial charge is 0.255 e. The monoisotopic (exact) mass is 396 g/mol. The molecule has 0 unspecified atom stereocenters. The summed E-state index contributed by atoms with van der Waals surface area (Å²) in [6.45, 7) is 2.22. The van der Waals surface area contributed by atoms with Crippen LogP contribution in [0.25, 0.3) is 10.6 Å². The van der Waals surface area contributed by atoms with Crippen LogP contribution < -0.4 is 15.4 Å². The molecular weight excluding hydrogens is 376 g/mol. The molecule has 3 rings (SSSR count). The maximum atomic E-state index is 12.2. The fourth-order valence-corrected chi connectivity index (χ4v) is 3.25. The summed E-state index contributed by atoms with van der Waals surface area (Å²) in [5.41, 5.74) is 2.54. The predicted molar refractivity (Wildman–Crippen MR) is 109 cm³/mol. The van der Waals surface area contributed by atoms with Crippen molar-refractivity contribution >= 4 is 28.3 Å². The Kier molecular flexibility index (Phi) is 6.33. The minimum absolute atomic E-state index is 0.125. The maximum absolute atomic E-state index is 12.2. The highest BCUT2D eigenvalue weighted by Gasteiger charge is 2.13. The number of aryl methyl sites for hydroxylation is 1. The van der Waals surface area contributed by atoms with Crippen LogP contribution in [0.5, 0.6) is 5.75 Å². The van der Waals surface area contributed by atoms with E-state index in [1.807, 2.05) is 31.2 Å². The molecule has 2 amide bonds. The number of hydrogen-bond acceptors (Lipinski definition) is 6. The van der Waals surface area contributed by atoms with E-state index in [1.54, 1.807) is 24.3 Å². The van der Waals surface area contributed by atoms with Gasteiger partial charge in [-0.25, -0.2) is 0 Å². The molecule has 0 bridgehead atoms. The number of para-hydroxylation sites is 1. The third kappa shape index (κ3) is 4.92. The molecule has 8 heteroatoms. The summed E-state index contributed by atoms with van der Waals surface area (Å²) in [6.07, 6.45) is 0.125. The highest BCUT2D eigenvalue weighted by molar-refractivity contribution is 7.18. The maximum Gasteiger partial charge on any atom is 0.255 e. The second kappa shape index (κ2) is 9.09. The number of hydrogen-bond donors (Lipinski definition) is 2. The molecule has 3 aromatic rings. The van der Waals surface area contributed by atoms with Crippen molar-refractivity contribution in [3.8, 4) is 16.3 Å². The number of benzene rings is 2. The van der Waals surface area contributed by atoms with Crippen LogP contribution in [0.4, 0.5) is 5.13 Å². The summed E-state index contributed by atoms with van der Waals surface area (Å²) >= 11 is 1.30. The van der Waals surface area contributed by atoms with Crippen molar-refractivity contribution in [2.75, 3.05) is 19.0 Å². The minimum Gasteiger partial charge on any atom is -0.496 e. The Morgan fingerprint density at radius 1 is 1.07 bits per heavy atom. The molecule has 0 aliphatic heterocycles. The Morgan fingerprint density at radius 2 is 1.82 bits per heavy atom. The average Bonchev–Trinajstić information content (AvgIpc) is 3.16. The van der Waals surface area contributed by atoms with Crippen LogP contribution in [0.2, 0.25) is 0 Å². The van der Waals surface area contributed by atoms with E-state index < -0.39 is 0 Å². The zero-order valence-corrected chi connectivity index (χ0v) is 16.4. The molecule has 0 atom stereocenters. The molecule has 0 saturated carbocycles. The quantitative estimate of drug-likeness (QED) is 0.639. The number of anilines is 1. The molecule has 28 heavy (non-hydrogen) atoms. The van der Waals surface area contributed by atoms with Gasteiger partial charge in [-0.2, -0.15) is 0 Å². The van der Waals surface area contributed by atoms with Crippen LogP contribution >= 0.6 is 11.3 Å². The Hall–Kier alpha value is -3.26. The first-order chi connectivity index (χ1) is 13.6. The van der Waals surface area contributed by atoms with E-state index in [1.165, 1.54) is 18.4 Å². The molecule has 0 fully saturated rings. The number of carbonyl (C=O) groups excluding carboxylic acids is 2. The number of methoxy groups -OCH3 is 1. The second-order valence-corrected chi connectivity index (χ2v) is 7.01. The first-order valence-corrected chi connectivity index (χ1v) is 9.50. The van der Waals surface area contributed by atoms with Crippen LogP contribution in [0.3, 0.4) is 0 Å². The molecule has 0 aliphatic carbocycles. The molecule has 7 nitrogen and oxygen atoms in total. The lowest BCUT2D eigenvalue weighted by Gasteiger charge is -2.08. The lowest BCUT2D eigenvalue weighted by atomic mass is 10.2. The van der Waals surface area contributed by atoms with Crippen molar-refractivity contribution < 1.29 is 14.3 Å². The number of nitrogens with zero attached hydrogens (tertiary/aromatic N) is 2. The molecule has 0 radical (unpaired) electrons. The van der Waals surface area contributed by atoms with Crippen molar-refractivity contribution in [1.29, 1.82) is 0 Å². The fourth-order valence-electron chi connectivity index (χ4n) is 2.49. The van der Waals surface area contributed by atoms with Crippen molar-refractivity contribution in [2.45, 2.75) is 13.3 Å². The summed E-state index contributed by atoms with van der Waals surface area (Å²) < 4.78 is 5.16. The number of aromatic nitrogens is 2. The molecule has 0 aliphatic rings. The molecule has 0 saturated heterocycles. The van der Waals surface area contributed by atoms with Crippen LogP contribution in [0.15, 0.2) is 48.5 Å². The molecule has 144 valence electrons. The van der Waals surface area contributed by atoms with Gasteiger partial charge in [-0.05, 0) is 19.1 Å². The first-order valence-electron chi connectivity index (χ1n) is 8.68. The van der Waals surface area contributed by atoms with Gasteiger partial charge < -0.3 is 15.4 Å². The number of rotatable bonds is 7. The summed E-state index contributed by atoms with van der Waals surface area (Å²) in [5.74, 6) is -0.0447. The van der Waals surface area contributed by atoms with Crippen LogP contribution in [-0.4, -0.2) is 35.7 Å². The minimum atomic E-state index is -0.289. The summed E-state index contributed by atoms with van der Waals surface area (Å²) in [4.78, 5) is 24.3. The number of carbonyl (C=O) groups is 2. The van der Waals surface area contributed by atoms with Gasteiger partial charge in [0.1, 0.15) is 10.8 Å². The number of nitrogens with one attached hydrogen (secondary N) is 2. The van der Waals surface area contributed by atoms with Crippen LogP contribution in [0.1, 0.15) is 22.3 Å². The molecule has 2 N–H and O–H groups in total. The Bertz CT molecular complexity index is 970. The van der Waals surface area contributed by atoms with Crippen LogP contribution in [-0.2, 0) is 4.79 Å². The van der Waals surface area contributed by atoms with E-state index in [0.29, 0.717) is 16.4 Å². The van der Waals surface area contributed by atoms with Gasteiger partial charge in [-0.3, -0.25) is 9.59 Å². The van der Waals surface area contributed by atoms with Crippen molar-refractivity contribution in [2.24, 2.45) is 0 Å². The van der Waals surface area contributed by atoms with Gasteiger partial charge in [-0.1, -0.05) is 53.3 Å². The van der Waals surface area contributed by atoms with Gasteiger partial charge in [0.05, 0.1) is 12.7 Å². The van der Waals surface area contributed by atoms with E-state index in [2.05, 4.69) is 20.8 Å². The third-order valence-corrected chi connectivity index (χ3v) is 4.85. The molecule has 1 heterocycles. The number of amides is 2. The zero-order chi connectivity index (χ0) is 19.9. The highest BCUT2D eigenvalue weighted by atomic mass is 32.1. The summed E-state index contributed by atoms with van der Waals surface area (Å²) in [6, 6.07) is 14.9. The first kappa shape index (κ1) is 19.5. The van der Waals surface area contributed by atoms with E-state index in [0.717, 1.165) is 16.1 Å². The standard InChI is InChI=1S/C20H20N4O3S/c1-13-7-9-14(10-8-13)19-23-24-20(28-19)22-17(25)11-12-21-18(26)15-5-3-4-6-16(15)27-2/h3-10H,11-12H2,1-2H3,(H,21,26)(H,22,24,25). The predicted octanol–water partition coefficient (Wildman–Crippen LogP) is 3.28. The van der Waals surface area contributed by atoms with E-state index >= 15 is 0 Å².